The SMILES string of the molecule is Cc1ccc(CNC(=O)c2ccc(Nc3ccccc3Cl)nc2)cc1. The van der Waals surface area contributed by atoms with E-state index in [1.807, 2.05) is 49.4 Å². The molecule has 3 rings (SSSR count). The van der Waals surface area contributed by atoms with E-state index in [2.05, 4.69) is 15.6 Å². The van der Waals surface area contributed by atoms with Gasteiger partial charge in [-0.3, -0.25) is 4.79 Å². The van der Waals surface area contributed by atoms with Gasteiger partial charge in [0, 0.05) is 12.7 Å². The summed E-state index contributed by atoms with van der Waals surface area (Å²) in [6.45, 7) is 2.52. The Morgan fingerprint density at radius 1 is 1.04 bits per heavy atom. The number of amides is 1. The molecule has 0 bridgehead atoms. The van der Waals surface area contributed by atoms with Gasteiger partial charge in [-0.25, -0.2) is 4.98 Å². The first-order valence-electron chi connectivity index (χ1n) is 7.93. The maximum Gasteiger partial charge on any atom is 0.253 e. The molecule has 0 radical (unpaired) electrons. The van der Waals surface area contributed by atoms with E-state index in [4.69, 9.17) is 11.6 Å². The third kappa shape index (κ3) is 4.58. The standard InChI is InChI=1S/C20H18ClN3O/c1-14-6-8-15(9-7-14)12-23-20(25)16-10-11-19(22-13-16)24-18-5-3-2-4-17(18)21/h2-11,13H,12H2,1H3,(H,22,24)(H,23,25). The zero-order valence-electron chi connectivity index (χ0n) is 13.8. The maximum absolute atomic E-state index is 12.2. The molecule has 2 aromatic carbocycles. The molecule has 25 heavy (non-hydrogen) atoms. The zero-order valence-corrected chi connectivity index (χ0v) is 14.5. The van der Waals surface area contributed by atoms with Gasteiger partial charge in [-0.1, -0.05) is 53.6 Å². The molecule has 0 saturated carbocycles. The van der Waals surface area contributed by atoms with Gasteiger partial charge in [0.05, 0.1) is 16.3 Å². The van der Waals surface area contributed by atoms with E-state index >= 15 is 0 Å². The van der Waals surface area contributed by atoms with Gasteiger partial charge in [-0.2, -0.15) is 0 Å². The molecule has 1 heterocycles. The van der Waals surface area contributed by atoms with Crippen molar-refractivity contribution in [1.29, 1.82) is 0 Å². The van der Waals surface area contributed by atoms with Gasteiger partial charge in [0.2, 0.25) is 0 Å². The van der Waals surface area contributed by atoms with Crippen molar-refractivity contribution in [3.63, 3.8) is 0 Å². The minimum absolute atomic E-state index is 0.155. The highest BCUT2D eigenvalue weighted by atomic mass is 35.5. The fourth-order valence-electron chi connectivity index (χ4n) is 2.29. The number of carbonyl (C=O) groups is 1. The predicted octanol–water partition coefficient (Wildman–Crippen LogP) is 4.72. The first-order chi connectivity index (χ1) is 12.1. The molecule has 1 amide bonds. The van der Waals surface area contributed by atoms with Crippen molar-refractivity contribution in [1.82, 2.24) is 10.3 Å². The van der Waals surface area contributed by atoms with Crippen molar-refractivity contribution < 1.29 is 4.79 Å². The minimum atomic E-state index is -0.155. The number of aromatic nitrogens is 1. The number of hydrogen-bond donors (Lipinski definition) is 2. The molecule has 2 N–H and O–H groups in total. The second-order valence-electron chi connectivity index (χ2n) is 5.71. The Balaban J connectivity index is 1.60. The van der Waals surface area contributed by atoms with Gasteiger partial charge < -0.3 is 10.6 Å². The highest BCUT2D eigenvalue weighted by Gasteiger charge is 2.07. The van der Waals surface area contributed by atoms with Crippen molar-refractivity contribution in [2.45, 2.75) is 13.5 Å². The number of benzene rings is 2. The Labute approximate surface area is 151 Å². The zero-order chi connectivity index (χ0) is 17.6. The number of anilines is 2. The number of hydrogen-bond acceptors (Lipinski definition) is 3. The van der Waals surface area contributed by atoms with Crippen LogP contribution in [0.5, 0.6) is 0 Å². The molecule has 0 aliphatic carbocycles. The molecule has 0 aliphatic rings. The normalized spacial score (nSPS) is 10.3. The molecule has 4 nitrogen and oxygen atoms in total. The van der Waals surface area contributed by atoms with E-state index in [1.54, 1.807) is 24.4 Å². The third-order valence-electron chi connectivity index (χ3n) is 3.74. The predicted molar refractivity (Wildman–Crippen MR) is 101 cm³/mol. The third-order valence-corrected chi connectivity index (χ3v) is 4.07. The molecule has 0 aliphatic heterocycles. The summed E-state index contributed by atoms with van der Waals surface area (Å²) >= 11 is 6.11. The fourth-order valence-corrected chi connectivity index (χ4v) is 2.48. The molecular weight excluding hydrogens is 334 g/mol. The molecule has 1 aromatic heterocycles. The van der Waals surface area contributed by atoms with Crippen molar-refractivity contribution in [2.75, 3.05) is 5.32 Å². The highest BCUT2D eigenvalue weighted by molar-refractivity contribution is 6.33. The van der Waals surface area contributed by atoms with Gasteiger partial charge in [0.1, 0.15) is 5.82 Å². The Morgan fingerprint density at radius 3 is 2.48 bits per heavy atom. The average molecular weight is 352 g/mol. The summed E-state index contributed by atoms with van der Waals surface area (Å²) in [5.41, 5.74) is 3.54. The smallest absolute Gasteiger partial charge is 0.253 e. The lowest BCUT2D eigenvalue weighted by atomic mass is 10.1. The van der Waals surface area contributed by atoms with Crippen molar-refractivity contribution >= 4 is 29.0 Å². The summed E-state index contributed by atoms with van der Waals surface area (Å²) in [6.07, 6.45) is 1.55. The number of halogens is 1. The second kappa shape index (κ2) is 7.81. The van der Waals surface area contributed by atoms with Gasteiger partial charge >= 0.3 is 0 Å². The molecule has 3 aromatic rings. The largest absolute Gasteiger partial charge is 0.348 e. The molecule has 0 saturated heterocycles. The van der Waals surface area contributed by atoms with Crippen LogP contribution in [0, 0.1) is 6.92 Å². The highest BCUT2D eigenvalue weighted by Crippen LogP contribution is 2.23. The van der Waals surface area contributed by atoms with E-state index in [0.29, 0.717) is 22.9 Å². The second-order valence-corrected chi connectivity index (χ2v) is 6.11. The number of carbonyl (C=O) groups excluding carboxylic acids is 1. The fraction of sp³-hybridized carbons (Fsp3) is 0.100. The lowest BCUT2D eigenvalue weighted by Crippen LogP contribution is -2.22. The van der Waals surface area contributed by atoms with Crippen LogP contribution >= 0.6 is 11.6 Å². The minimum Gasteiger partial charge on any atom is -0.348 e. The van der Waals surface area contributed by atoms with Crippen LogP contribution in [-0.4, -0.2) is 10.9 Å². The quantitative estimate of drug-likeness (QED) is 0.699. The van der Waals surface area contributed by atoms with Crippen LogP contribution in [0.15, 0.2) is 66.9 Å². The molecule has 5 heteroatoms. The van der Waals surface area contributed by atoms with Crippen LogP contribution < -0.4 is 10.6 Å². The first-order valence-corrected chi connectivity index (χ1v) is 8.31. The van der Waals surface area contributed by atoms with Crippen LogP contribution in [0.2, 0.25) is 5.02 Å². The molecular formula is C20H18ClN3O. The Bertz CT molecular complexity index is 861. The maximum atomic E-state index is 12.2. The van der Waals surface area contributed by atoms with Crippen LogP contribution in [0.25, 0.3) is 0 Å². The van der Waals surface area contributed by atoms with Crippen molar-refractivity contribution in [3.8, 4) is 0 Å². The Hall–Kier alpha value is -2.85. The van der Waals surface area contributed by atoms with Crippen molar-refractivity contribution in [3.05, 3.63) is 88.6 Å². The summed E-state index contributed by atoms with van der Waals surface area (Å²) in [6, 6.07) is 19.0. The molecule has 0 fully saturated rings. The van der Waals surface area contributed by atoms with Gasteiger partial charge in [0.25, 0.3) is 5.91 Å². The molecule has 0 atom stereocenters. The van der Waals surface area contributed by atoms with Gasteiger partial charge in [-0.15, -0.1) is 0 Å². The van der Waals surface area contributed by atoms with Gasteiger partial charge in [0.15, 0.2) is 0 Å². The van der Waals surface area contributed by atoms with E-state index < -0.39 is 0 Å². The van der Waals surface area contributed by atoms with Crippen LogP contribution in [0.3, 0.4) is 0 Å². The van der Waals surface area contributed by atoms with Crippen LogP contribution in [-0.2, 0) is 6.54 Å². The topological polar surface area (TPSA) is 54.0 Å². The number of nitrogens with one attached hydrogen (secondary N) is 2. The lowest BCUT2D eigenvalue weighted by molar-refractivity contribution is 0.0950. The van der Waals surface area contributed by atoms with E-state index in [-0.39, 0.29) is 5.91 Å². The van der Waals surface area contributed by atoms with Gasteiger partial charge in [-0.05, 0) is 36.8 Å². The summed E-state index contributed by atoms with van der Waals surface area (Å²) in [4.78, 5) is 16.5. The summed E-state index contributed by atoms with van der Waals surface area (Å²) in [5, 5.41) is 6.63. The average Bonchev–Trinajstić information content (AvgIpc) is 2.63. The molecule has 0 spiro atoms. The molecule has 126 valence electrons. The monoisotopic (exact) mass is 351 g/mol. The number of para-hydroxylation sites is 1. The summed E-state index contributed by atoms with van der Waals surface area (Å²) in [7, 11) is 0. The number of nitrogens with zero attached hydrogens (tertiary/aromatic N) is 1. The summed E-state index contributed by atoms with van der Waals surface area (Å²) in [5.74, 6) is 0.473. The number of aryl methyl sites for hydroxylation is 1. The van der Waals surface area contributed by atoms with E-state index in [1.165, 1.54) is 5.56 Å². The first kappa shape index (κ1) is 17.0. The summed E-state index contributed by atoms with van der Waals surface area (Å²) < 4.78 is 0. The number of pyridine rings is 1. The van der Waals surface area contributed by atoms with E-state index in [0.717, 1.165) is 11.3 Å². The Kier molecular flexibility index (Phi) is 5.31. The number of rotatable bonds is 5. The molecule has 0 unspecified atom stereocenters. The lowest BCUT2D eigenvalue weighted by Gasteiger charge is -2.09. The van der Waals surface area contributed by atoms with Crippen LogP contribution in [0.4, 0.5) is 11.5 Å². The van der Waals surface area contributed by atoms with Crippen molar-refractivity contribution in [2.24, 2.45) is 0 Å². The van der Waals surface area contributed by atoms with E-state index in [9.17, 15) is 4.79 Å². The Morgan fingerprint density at radius 2 is 1.80 bits per heavy atom. The van der Waals surface area contributed by atoms with Crippen LogP contribution in [0.1, 0.15) is 21.5 Å².